The fourth-order valence-corrected chi connectivity index (χ4v) is 2.80. The molecule has 5 nitrogen and oxygen atoms in total. The predicted octanol–water partition coefficient (Wildman–Crippen LogP) is 4.22. The van der Waals surface area contributed by atoms with Gasteiger partial charge < -0.3 is 15.8 Å². The summed E-state index contributed by atoms with van der Waals surface area (Å²) in [5, 5.41) is 2.83. The highest BCUT2D eigenvalue weighted by Crippen LogP contribution is 2.46. The van der Waals surface area contributed by atoms with Crippen LogP contribution in [0.4, 0.5) is 14.9 Å². The molecule has 1 aliphatic heterocycles. The van der Waals surface area contributed by atoms with Crippen molar-refractivity contribution in [2.75, 3.05) is 5.32 Å². The number of fused-ring (bicyclic) bond motifs is 1. The summed E-state index contributed by atoms with van der Waals surface area (Å²) in [7, 11) is 0. The zero-order chi connectivity index (χ0) is 18.7. The van der Waals surface area contributed by atoms with Crippen molar-refractivity contribution < 1.29 is 18.7 Å². The van der Waals surface area contributed by atoms with E-state index in [2.05, 4.69) is 26.0 Å². The van der Waals surface area contributed by atoms with Gasteiger partial charge in [-0.1, -0.05) is 29.8 Å². The largest absolute Gasteiger partial charge is 0.444 e. The average molecular weight is 403 g/mol. The van der Waals surface area contributed by atoms with Gasteiger partial charge in [-0.05, 0) is 51.3 Å². The fraction of sp³-hybridized carbons (Fsp3) is 0.529. The molecule has 0 spiro atoms. The maximum absolute atomic E-state index is 13.5. The third kappa shape index (κ3) is 4.69. The Morgan fingerprint density at radius 2 is 1.96 bits per heavy atom. The molecule has 1 atom stereocenters. The van der Waals surface area contributed by atoms with Crippen molar-refractivity contribution in [3.63, 3.8) is 0 Å². The third-order valence-corrected chi connectivity index (χ3v) is 4.83. The fourth-order valence-electron chi connectivity index (χ4n) is 2.39. The number of nitrogens with one attached hydrogen (secondary N) is 1. The van der Waals surface area contributed by atoms with Gasteiger partial charge in [0.1, 0.15) is 15.7 Å². The molecule has 0 aliphatic carbocycles. The second-order valence-corrected chi connectivity index (χ2v) is 7.84. The van der Waals surface area contributed by atoms with Crippen LogP contribution in [0.5, 0.6) is 0 Å². The first-order chi connectivity index (χ1) is 10.9. The van der Waals surface area contributed by atoms with Gasteiger partial charge in [-0.2, -0.15) is 0 Å². The SMILES string of the molecule is CC(C)(C)OC(N)=O.CCc1cc(F)cc2c1NC(=O)C2(Br)CC. The maximum Gasteiger partial charge on any atom is 0.405 e. The number of benzene rings is 1. The Kier molecular flexibility index (Phi) is 6.38. The summed E-state index contributed by atoms with van der Waals surface area (Å²) in [5.41, 5.74) is 6.60. The minimum absolute atomic E-state index is 0.106. The van der Waals surface area contributed by atoms with Gasteiger partial charge in [0.2, 0.25) is 5.91 Å². The number of carbonyl (C=O) groups excluding carboxylic acids is 2. The number of halogens is 2. The molecule has 2 amide bonds. The Hall–Kier alpha value is -1.63. The van der Waals surface area contributed by atoms with Crippen molar-refractivity contribution in [1.29, 1.82) is 0 Å². The van der Waals surface area contributed by atoms with Crippen LogP contribution in [0.2, 0.25) is 0 Å². The number of ether oxygens (including phenoxy) is 1. The lowest BCUT2D eigenvalue weighted by molar-refractivity contribution is -0.117. The van der Waals surface area contributed by atoms with E-state index in [0.717, 1.165) is 16.8 Å². The van der Waals surface area contributed by atoms with Gasteiger partial charge in [0, 0.05) is 11.3 Å². The van der Waals surface area contributed by atoms with Gasteiger partial charge in [0.05, 0.1) is 0 Å². The number of carbonyl (C=O) groups is 2. The molecule has 0 saturated carbocycles. The van der Waals surface area contributed by atoms with E-state index in [1.165, 1.54) is 12.1 Å². The van der Waals surface area contributed by atoms with E-state index in [0.29, 0.717) is 12.8 Å². The lowest BCUT2D eigenvalue weighted by Crippen LogP contribution is -2.27. The lowest BCUT2D eigenvalue weighted by Gasteiger charge is -2.17. The van der Waals surface area contributed by atoms with Crippen molar-refractivity contribution in [3.05, 3.63) is 29.1 Å². The topological polar surface area (TPSA) is 81.4 Å². The Balaban J connectivity index is 0.000000307. The van der Waals surface area contributed by atoms with Crippen molar-refractivity contribution in [3.8, 4) is 0 Å². The molecule has 3 N–H and O–H groups in total. The van der Waals surface area contributed by atoms with E-state index in [-0.39, 0.29) is 11.7 Å². The first-order valence-corrected chi connectivity index (χ1v) is 8.55. The molecular formula is C17H24BrFN2O3. The summed E-state index contributed by atoms with van der Waals surface area (Å²) in [4.78, 5) is 21.9. The minimum Gasteiger partial charge on any atom is -0.444 e. The first-order valence-electron chi connectivity index (χ1n) is 7.76. The molecule has 1 aliphatic rings. The van der Waals surface area contributed by atoms with E-state index in [9.17, 15) is 14.0 Å². The number of hydrogen-bond donors (Lipinski definition) is 2. The lowest BCUT2D eigenvalue weighted by atomic mass is 9.95. The standard InChI is InChI=1S/C12H13BrFNO.C5H11NO2/c1-3-7-5-8(14)6-9-10(7)15-11(16)12(9,13)4-2;1-5(2,3)8-4(6)7/h5-6H,3-4H2,1-2H3,(H,15,16);1-3H3,(H2,6,7). The molecule has 0 saturated heterocycles. The number of aryl methyl sites for hydroxylation is 1. The Bertz CT molecular complexity index is 643. The van der Waals surface area contributed by atoms with Crippen LogP contribution in [0.15, 0.2) is 12.1 Å². The third-order valence-electron chi connectivity index (χ3n) is 3.49. The molecule has 2 rings (SSSR count). The molecule has 0 fully saturated rings. The Morgan fingerprint density at radius 3 is 2.33 bits per heavy atom. The first kappa shape index (κ1) is 20.4. The van der Waals surface area contributed by atoms with Crippen molar-refractivity contribution in [1.82, 2.24) is 0 Å². The van der Waals surface area contributed by atoms with Crippen molar-refractivity contribution >= 4 is 33.6 Å². The van der Waals surface area contributed by atoms with Crippen LogP contribution in [-0.2, 0) is 20.3 Å². The summed E-state index contributed by atoms with van der Waals surface area (Å²) < 4.78 is 17.3. The van der Waals surface area contributed by atoms with Gasteiger partial charge in [-0.15, -0.1) is 0 Å². The van der Waals surface area contributed by atoms with Gasteiger partial charge >= 0.3 is 6.09 Å². The molecule has 1 aromatic carbocycles. The highest BCUT2D eigenvalue weighted by atomic mass is 79.9. The van der Waals surface area contributed by atoms with Gasteiger partial charge in [-0.3, -0.25) is 4.79 Å². The Morgan fingerprint density at radius 1 is 1.38 bits per heavy atom. The number of nitrogens with two attached hydrogens (primary N) is 1. The number of hydrogen-bond acceptors (Lipinski definition) is 3. The second kappa shape index (κ2) is 7.51. The molecule has 1 aromatic rings. The van der Waals surface area contributed by atoms with Crippen molar-refractivity contribution in [2.45, 2.75) is 57.4 Å². The van der Waals surface area contributed by atoms with Crippen LogP contribution < -0.4 is 11.1 Å². The smallest absolute Gasteiger partial charge is 0.405 e. The highest BCUT2D eigenvalue weighted by Gasteiger charge is 2.44. The molecule has 0 bridgehead atoms. The number of alkyl halides is 1. The minimum atomic E-state index is -0.769. The highest BCUT2D eigenvalue weighted by molar-refractivity contribution is 9.10. The van der Waals surface area contributed by atoms with Crippen LogP contribution in [0.3, 0.4) is 0 Å². The number of rotatable bonds is 2. The molecule has 0 radical (unpaired) electrons. The van der Waals surface area contributed by atoms with E-state index >= 15 is 0 Å². The number of primary amides is 1. The van der Waals surface area contributed by atoms with E-state index in [4.69, 9.17) is 5.73 Å². The molecule has 134 valence electrons. The van der Waals surface area contributed by atoms with Gasteiger partial charge in [0.15, 0.2) is 0 Å². The van der Waals surface area contributed by atoms with E-state index < -0.39 is 16.0 Å². The summed E-state index contributed by atoms with van der Waals surface area (Å²) in [6.45, 7) is 9.13. The molecule has 1 unspecified atom stereocenters. The van der Waals surface area contributed by atoms with Crippen LogP contribution in [0.1, 0.15) is 52.2 Å². The van der Waals surface area contributed by atoms with E-state index in [1.807, 2.05) is 13.8 Å². The van der Waals surface area contributed by atoms with Crippen LogP contribution in [0.25, 0.3) is 0 Å². The molecular weight excluding hydrogens is 379 g/mol. The van der Waals surface area contributed by atoms with Crippen LogP contribution in [0, 0.1) is 5.82 Å². The zero-order valence-corrected chi connectivity index (χ0v) is 16.2. The summed E-state index contributed by atoms with van der Waals surface area (Å²) in [6.07, 6.45) is 0.573. The summed E-state index contributed by atoms with van der Waals surface area (Å²) in [5.74, 6) is -0.394. The average Bonchev–Trinajstić information content (AvgIpc) is 2.69. The molecule has 24 heavy (non-hydrogen) atoms. The summed E-state index contributed by atoms with van der Waals surface area (Å²) >= 11 is 3.43. The van der Waals surface area contributed by atoms with Crippen molar-refractivity contribution in [2.24, 2.45) is 5.73 Å². The number of anilines is 1. The van der Waals surface area contributed by atoms with Crippen LogP contribution in [-0.4, -0.2) is 17.6 Å². The molecule has 7 heteroatoms. The quantitative estimate of drug-likeness (QED) is 0.726. The van der Waals surface area contributed by atoms with Gasteiger partial charge in [-0.25, -0.2) is 9.18 Å². The predicted molar refractivity (Wildman–Crippen MR) is 95.7 cm³/mol. The zero-order valence-electron chi connectivity index (χ0n) is 14.6. The van der Waals surface area contributed by atoms with Crippen LogP contribution >= 0.6 is 15.9 Å². The number of amides is 2. The summed E-state index contributed by atoms with van der Waals surface area (Å²) in [6, 6.07) is 2.91. The second-order valence-electron chi connectivity index (χ2n) is 6.48. The normalized spacial score (nSPS) is 19.0. The van der Waals surface area contributed by atoms with Gasteiger partial charge in [0.25, 0.3) is 0 Å². The van der Waals surface area contributed by atoms with E-state index in [1.54, 1.807) is 20.8 Å². The molecule has 0 aromatic heterocycles. The Labute approximate surface area is 150 Å². The maximum atomic E-state index is 13.5. The monoisotopic (exact) mass is 402 g/mol. The molecule has 1 heterocycles.